The molecule has 2 aromatic rings. The zero-order chi connectivity index (χ0) is 15.8. The van der Waals surface area contributed by atoms with E-state index in [0.29, 0.717) is 17.1 Å². The zero-order valence-corrected chi connectivity index (χ0v) is 12.3. The smallest absolute Gasteiger partial charge is 0.276 e. The van der Waals surface area contributed by atoms with E-state index < -0.39 is 0 Å². The highest BCUT2D eigenvalue weighted by Crippen LogP contribution is 2.15. The highest BCUT2D eigenvalue weighted by Gasteiger charge is 2.02. The molecule has 2 aromatic carbocycles. The summed E-state index contributed by atoms with van der Waals surface area (Å²) in [6.07, 6.45) is 0.969. The molecule has 2 rings (SSSR count). The van der Waals surface area contributed by atoms with Gasteiger partial charge in [-0.05, 0) is 36.2 Å². The summed E-state index contributed by atoms with van der Waals surface area (Å²) in [6.45, 7) is 8.88. The van der Waals surface area contributed by atoms with E-state index in [4.69, 9.17) is 11.3 Å². The Bertz CT molecular complexity index is 658. The third kappa shape index (κ3) is 4.53. The van der Waals surface area contributed by atoms with Crippen LogP contribution in [0.25, 0.3) is 4.85 Å². The number of hydrogen-bond acceptors (Lipinski definition) is 3. The lowest BCUT2D eigenvalue weighted by Crippen LogP contribution is -2.33. The predicted octanol–water partition coefficient (Wildman–Crippen LogP) is 3.32. The fourth-order valence-corrected chi connectivity index (χ4v) is 1.77. The number of ether oxygens (including phenoxy) is 1. The Hall–Kier alpha value is -3.00. The number of anilines is 1. The van der Waals surface area contributed by atoms with Gasteiger partial charge in [0.25, 0.3) is 5.91 Å². The first-order chi connectivity index (χ1) is 10.7. The van der Waals surface area contributed by atoms with Gasteiger partial charge < -0.3 is 4.74 Å². The molecule has 0 aliphatic carbocycles. The molecule has 5 heteroatoms. The van der Waals surface area contributed by atoms with Crippen molar-refractivity contribution in [2.45, 2.75) is 13.3 Å². The first-order valence-electron chi connectivity index (χ1n) is 6.95. The van der Waals surface area contributed by atoms with Crippen molar-refractivity contribution >= 4 is 17.3 Å². The molecule has 2 N–H and O–H groups in total. The van der Waals surface area contributed by atoms with Gasteiger partial charge in [-0.15, -0.1) is 0 Å². The molecule has 0 heterocycles. The van der Waals surface area contributed by atoms with Crippen LogP contribution in [0.5, 0.6) is 5.75 Å². The van der Waals surface area contributed by atoms with Gasteiger partial charge in [0.15, 0.2) is 12.3 Å². The van der Waals surface area contributed by atoms with Crippen molar-refractivity contribution in [2.75, 3.05) is 12.0 Å². The van der Waals surface area contributed by atoms with Crippen LogP contribution in [0.3, 0.4) is 0 Å². The minimum Gasteiger partial charge on any atom is -0.484 e. The molecule has 0 bridgehead atoms. The number of aryl methyl sites for hydroxylation is 1. The quantitative estimate of drug-likeness (QED) is 0.635. The Morgan fingerprint density at radius 3 is 2.41 bits per heavy atom. The van der Waals surface area contributed by atoms with Crippen LogP contribution in [0.2, 0.25) is 0 Å². The van der Waals surface area contributed by atoms with Crippen LogP contribution in [0.4, 0.5) is 11.4 Å². The van der Waals surface area contributed by atoms with Crippen molar-refractivity contribution < 1.29 is 9.53 Å². The number of nitrogens with zero attached hydrogens (tertiary/aromatic N) is 1. The SMILES string of the molecule is [C-]#[N+]c1ccc(NNC(=O)COc2ccc(CC)cc2)cc1. The van der Waals surface area contributed by atoms with E-state index in [2.05, 4.69) is 22.6 Å². The van der Waals surface area contributed by atoms with Gasteiger partial charge >= 0.3 is 0 Å². The Morgan fingerprint density at radius 1 is 1.14 bits per heavy atom. The molecule has 5 nitrogen and oxygen atoms in total. The van der Waals surface area contributed by atoms with E-state index in [0.717, 1.165) is 6.42 Å². The van der Waals surface area contributed by atoms with Crippen LogP contribution in [0.15, 0.2) is 48.5 Å². The maximum atomic E-state index is 11.7. The van der Waals surface area contributed by atoms with Crippen molar-refractivity contribution in [3.05, 3.63) is 65.5 Å². The molecule has 0 aliphatic rings. The molecule has 0 saturated heterocycles. The number of rotatable bonds is 6. The molecule has 0 spiro atoms. The monoisotopic (exact) mass is 295 g/mol. The van der Waals surface area contributed by atoms with Crippen LogP contribution in [0.1, 0.15) is 12.5 Å². The first kappa shape index (κ1) is 15.4. The molecule has 0 radical (unpaired) electrons. The molecule has 0 saturated carbocycles. The maximum Gasteiger partial charge on any atom is 0.276 e. The van der Waals surface area contributed by atoms with E-state index in [1.807, 2.05) is 24.3 Å². The predicted molar refractivity (Wildman–Crippen MR) is 85.8 cm³/mol. The van der Waals surface area contributed by atoms with E-state index in [1.165, 1.54) is 5.56 Å². The van der Waals surface area contributed by atoms with Crippen LogP contribution in [-0.4, -0.2) is 12.5 Å². The van der Waals surface area contributed by atoms with Crippen molar-refractivity contribution in [1.82, 2.24) is 5.43 Å². The van der Waals surface area contributed by atoms with E-state index in [9.17, 15) is 4.79 Å². The topological polar surface area (TPSA) is 54.7 Å². The molecular formula is C17H17N3O2. The number of hydrogen-bond donors (Lipinski definition) is 2. The summed E-state index contributed by atoms with van der Waals surface area (Å²) in [7, 11) is 0. The van der Waals surface area contributed by atoms with Crippen LogP contribution >= 0.6 is 0 Å². The fraction of sp³-hybridized carbons (Fsp3) is 0.176. The molecule has 0 aliphatic heterocycles. The molecule has 22 heavy (non-hydrogen) atoms. The van der Waals surface area contributed by atoms with Gasteiger partial charge in [-0.2, -0.15) is 0 Å². The molecule has 0 atom stereocenters. The normalized spacial score (nSPS) is 9.64. The zero-order valence-electron chi connectivity index (χ0n) is 12.3. The first-order valence-corrected chi connectivity index (χ1v) is 6.95. The average molecular weight is 295 g/mol. The van der Waals surface area contributed by atoms with Gasteiger partial charge in [-0.3, -0.25) is 15.6 Å². The second-order valence-electron chi connectivity index (χ2n) is 4.62. The fourth-order valence-electron chi connectivity index (χ4n) is 1.77. The second-order valence-corrected chi connectivity index (χ2v) is 4.62. The Kier molecular flexibility index (Phi) is 5.38. The summed E-state index contributed by atoms with van der Waals surface area (Å²) in [4.78, 5) is 15.0. The number of amides is 1. The number of hydrazine groups is 1. The van der Waals surface area contributed by atoms with Crippen molar-refractivity contribution in [1.29, 1.82) is 0 Å². The van der Waals surface area contributed by atoms with Crippen LogP contribution in [-0.2, 0) is 11.2 Å². The van der Waals surface area contributed by atoms with Gasteiger partial charge in [0.2, 0.25) is 0 Å². The molecule has 0 fully saturated rings. The highest BCUT2D eigenvalue weighted by molar-refractivity contribution is 5.79. The summed E-state index contributed by atoms with van der Waals surface area (Å²) in [6, 6.07) is 14.4. The van der Waals surface area contributed by atoms with Gasteiger partial charge in [0.1, 0.15) is 5.75 Å². The third-order valence-electron chi connectivity index (χ3n) is 3.04. The number of nitrogens with one attached hydrogen (secondary N) is 2. The minimum atomic E-state index is -0.283. The lowest BCUT2D eigenvalue weighted by atomic mass is 10.2. The van der Waals surface area contributed by atoms with Crippen molar-refractivity contribution in [3.63, 3.8) is 0 Å². The standard InChI is InChI=1S/C17H17N3O2/c1-3-13-4-10-16(11-5-13)22-12-17(21)20-19-15-8-6-14(18-2)7-9-15/h4-11,19H,3,12H2,1H3,(H,20,21). The lowest BCUT2D eigenvalue weighted by molar-refractivity contribution is -0.122. The van der Waals surface area contributed by atoms with E-state index in [1.54, 1.807) is 24.3 Å². The van der Waals surface area contributed by atoms with E-state index >= 15 is 0 Å². The number of benzene rings is 2. The van der Waals surface area contributed by atoms with Crippen LogP contribution in [0, 0.1) is 6.57 Å². The van der Waals surface area contributed by atoms with Gasteiger partial charge in [0.05, 0.1) is 12.3 Å². The summed E-state index contributed by atoms with van der Waals surface area (Å²) < 4.78 is 5.40. The highest BCUT2D eigenvalue weighted by atomic mass is 16.5. The molecule has 0 aromatic heterocycles. The lowest BCUT2D eigenvalue weighted by Gasteiger charge is -2.10. The van der Waals surface area contributed by atoms with E-state index in [-0.39, 0.29) is 12.5 Å². The van der Waals surface area contributed by atoms with Crippen LogP contribution < -0.4 is 15.6 Å². The Morgan fingerprint density at radius 2 is 1.82 bits per heavy atom. The average Bonchev–Trinajstić information content (AvgIpc) is 2.59. The summed E-state index contributed by atoms with van der Waals surface area (Å²) in [5.41, 5.74) is 7.78. The molecular weight excluding hydrogens is 278 g/mol. The van der Waals surface area contributed by atoms with Crippen molar-refractivity contribution in [2.24, 2.45) is 0 Å². The summed E-state index contributed by atoms with van der Waals surface area (Å²) in [5, 5.41) is 0. The van der Waals surface area contributed by atoms with Gasteiger partial charge in [0, 0.05) is 0 Å². The minimum absolute atomic E-state index is 0.0708. The number of carbonyl (C=O) groups is 1. The Balaban J connectivity index is 1.76. The summed E-state index contributed by atoms with van der Waals surface area (Å²) in [5.74, 6) is 0.377. The molecule has 0 unspecified atom stereocenters. The molecule has 112 valence electrons. The van der Waals surface area contributed by atoms with Crippen molar-refractivity contribution in [3.8, 4) is 5.75 Å². The second kappa shape index (κ2) is 7.70. The number of carbonyl (C=O) groups excluding carboxylic acids is 1. The van der Waals surface area contributed by atoms with Gasteiger partial charge in [-0.1, -0.05) is 31.2 Å². The molecule has 1 amide bonds. The van der Waals surface area contributed by atoms with Gasteiger partial charge in [-0.25, -0.2) is 4.85 Å². The Labute approximate surface area is 129 Å². The largest absolute Gasteiger partial charge is 0.484 e. The third-order valence-corrected chi connectivity index (χ3v) is 3.04. The summed E-state index contributed by atoms with van der Waals surface area (Å²) >= 11 is 0. The maximum absolute atomic E-state index is 11.7.